The van der Waals surface area contributed by atoms with E-state index >= 15 is 0 Å². The fraction of sp³-hybridized carbons (Fsp3) is 0.368. The zero-order valence-electron chi connectivity index (χ0n) is 13.3. The van der Waals surface area contributed by atoms with E-state index in [1.165, 1.54) is 5.56 Å². The summed E-state index contributed by atoms with van der Waals surface area (Å²) in [4.78, 5) is 0. The lowest BCUT2D eigenvalue weighted by Gasteiger charge is -2.16. The Bertz CT molecular complexity index is 556. The summed E-state index contributed by atoms with van der Waals surface area (Å²) in [6.07, 6.45) is -0.511. The van der Waals surface area contributed by atoms with E-state index in [1.54, 1.807) is 0 Å². The van der Waals surface area contributed by atoms with E-state index in [-0.39, 0.29) is 0 Å². The van der Waals surface area contributed by atoms with E-state index in [0.29, 0.717) is 19.1 Å². The predicted molar refractivity (Wildman–Crippen MR) is 90.4 cm³/mol. The zero-order valence-corrected chi connectivity index (χ0v) is 13.3. The molecule has 0 bridgehead atoms. The van der Waals surface area contributed by atoms with Gasteiger partial charge in [-0.3, -0.25) is 0 Å². The highest BCUT2D eigenvalue weighted by atomic mass is 16.5. The van der Waals surface area contributed by atoms with Gasteiger partial charge in [0.1, 0.15) is 18.5 Å². The summed E-state index contributed by atoms with van der Waals surface area (Å²) in [6.45, 7) is 5.87. The largest absolute Gasteiger partial charge is 0.491 e. The van der Waals surface area contributed by atoms with Crippen molar-refractivity contribution in [3.8, 4) is 5.75 Å². The molecule has 0 aliphatic carbocycles. The summed E-state index contributed by atoms with van der Waals surface area (Å²) in [5.41, 5.74) is 2.46. The van der Waals surface area contributed by atoms with Crippen molar-refractivity contribution in [3.05, 3.63) is 65.7 Å². The molecule has 0 aliphatic rings. The van der Waals surface area contributed by atoms with Gasteiger partial charge < -0.3 is 15.2 Å². The van der Waals surface area contributed by atoms with E-state index in [0.717, 1.165) is 17.9 Å². The molecule has 0 saturated carbocycles. The number of ether oxygens (including phenoxy) is 1. The molecule has 0 amide bonds. The van der Waals surface area contributed by atoms with Crippen molar-refractivity contribution in [1.82, 2.24) is 5.32 Å². The first-order chi connectivity index (χ1) is 10.6. The van der Waals surface area contributed by atoms with E-state index in [1.807, 2.05) is 37.3 Å². The molecule has 0 heterocycles. The molecule has 0 fully saturated rings. The summed E-state index contributed by atoms with van der Waals surface area (Å²) in [5, 5.41) is 13.3. The first kappa shape index (κ1) is 16.5. The molecule has 0 saturated heterocycles. The third kappa shape index (κ3) is 5.51. The molecular formula is C19H25NO2. The lowest BCUT2D eigenvalue weighted by Crippen LogP contribution is -2.33. The van der Waals surface area contributed by atoms with Crippen LogP contribution in [0.5, 0.6) is 5.75 Å². The van der Waals surface area contributed by atoms with Crippen LogP contribution in [0.3, 0.4) is 0 Å². The van der Waals surface area contributed by atoms with Crippen molar-refractivity contribution in [2.24, 2.45) is 0 Å². The third-order valence-electron chi connectivity index (χ3n) is 3.63. The molecule has 2 atom stereocenters. The summed E-state index contributed by atoms with van der Waals surface area (Å²) < 4.78 is 5.60. The molecule has 2 aromatic carbocycles. The SMILES string of the molecule is Cc1cccc(OCC(O)CNCC(C)c2ccccc2)c1. The van der Waals surface area contributed by atoms with Crippen molar-refractivity contribution in [2.75, 3.05) is 19.7 Å². The van der Waals surface area contributed by atoms with Gasteiger partial charge in [-0.05, 0) is 36.1 Å². The number of aryl methyl sites for hydroxylation is 1. The second kappa shape index (κ2) is 8.57. The second-order valence-electron chi connectivity index (χ2n) is 5.75. The number of nitrogens with one attached hydrogen (secondary N) is 1. The smallest absolute Gasteiger partial charge is 0.119 e. The summed E-state index contributed by atoms with van der Waals surface area (Å²) in [6, 6.07) is 18.2. The van der Waals surface area contributed by atoms with Crippen LogP contribution in [0.2, 0.25) is 0 Å². The van der Waals surface area contributed by atoms with Gasteiger partial charge in [-0.2, -0.15) is 0 Å². The molecule has 2 rings (SSSR count). The standard InChI is InChI=1S/C19H25NO2/c1-15-7-6-10-19(11-15)22-14-18(21)13-20-12-16(2)17-8-4-3-5-9-17/h3-11,16,18,20-21H,12-14H2,1-2H3. The van der Waals surface area contributed by atoms with Gasteiger partial charge in [0, 0.05) is 13.1 Å². The number of aliphatic hydroxyl groups excluding tert-OH is 1. The van der Waals surface area contributed by atoms with Crippen LogP contribution in [-0.2, 0) is 0 Å². The Morgan fingerprint density at radius 1 is 1.05 bits per heavy atom. The molecule has 2 unspecified atom stereocenters. The monoisotopic (exact) mass is 299 g/mol. The minimum absolute atomic E-state index is 0.302. The van der Waals surface area contributed by atoms with Crippen LogP contribution in [-0.4, -0.2) is 30.9 Å². The van der Waals surface area contributed by atoms with Crippen LogP contribution >= 0.6 is 0 Å². The van der Waals surface area contributed by atoms with Gasteiger partial charge in [-0.15, -0.1) is 0 Å². The lowest BCUT2D eigenvalue weighted by atomic mass is 10.0. The van der Waals surface area contributed by atoms with Gasteiger partial charge in [0.15, 0.2) is 0 Å². The normalized spacial score (nSPS) is 13.6. The molecule has 22 heavy (non-hydrogen) atoms. The Balaban J connectivity index is 1.66. The molecule has 2 N–H and O–H groups in total. The molecule has 0 spiro atoms. The highest BCUT2D eigenvalue weighted by Crippen LogP contribution is 2.14. The molecule has 0 aliphatic heterocycles. The van der Waals surface area contributed by atoms with Gasteiger partial charge in [-0.1, -0.05) is 49.4 Å². The maximum absolute atomic E-state index is 9.98. The average Bonchev–Trinajstić information content (AvgIpc) is 2.54. The minimum Gasteiger partial charge on any atom is -0.491 e. The summed E-state index contributed by atoms with van der Waals surface area (Å²) in [5.74, 6) is 1.22. The predicted octanol–water partition coefficient (Wildman–Crippen LogP) is 3.13. The number of benzene rings is 2. The second-order valence-corrected chi connectivity index (χ2v) is 5.75. The van der Waals surface area contributed by atoms with Gasteiger partial charge in [0.25, 0.3) is 0 Å². The van der Waals surface area contributed by atoms with Gasteiger partial charge >= 0.3 is 0 Å². The fourth-order valence-corrected chi connectivity index (χ4v) is 2.32. The van der Waals surface area contributed by atoms with Crippen LogP contribution in [0, 0.1) is 6.92 Å². The molecule has 118 valence electrons. The van der Waals surface area contributed by atoms with Crippen molar-refractivity contribution < 1.29 is 9.84 Å². The van der Waals surface area contributed by atoms with Crippen molar-refractivity contribution in [2.45, 2.75) is 25.9 Å². The molecule has 3 heteroatoms. The number of hydrogen-bond donors (Lipinski definition) is 2. The Hall–Kier alpha value is -1.84. The van der Waals surface area contributed by atoms with Crippen LogP contribution in [0.4, 0.5) is 0 Å². The topological polar surface area (TPSA) is 41.5 Å². The van der Waals surface area contributed by atoms with Crippen molar-refractivity contribution >= 4 is 0 Å². The average molecular weight is 299 g/mol. The van der Waals surface area contributed by atoms with E-state index in [4.69, 9.17) is 4.74 Å². The number of rotatable bonds is 8. The van der Waals surface area contributed by atoms with Gasteiger partial charge in [0.05, 0.1) is 0 Å². The summed E-state index contributed by atoms with van der Waals surface area (Å²) >= 11 is 0. The maximum atomic E-state index is 9.98. The minimum atomic E-state index is -0.511. The highest BCUT2D eigenvalue weighted by Gasteiger charge is 2.08. The van der Waals surface area contributed by atoms with E-state index < -0.39 is 6.10 Å². The third-order valence-corrected chi connectivity index (χ3v) is 3.63. The zero-order chi connectivity index (χ0) is 15.8. The maximum Gasteiger partial charge on any atom is 0.119 e. The number of aliphatic hydroxyl groups is 1. The molecule has 2 aromatic rings. The molecule has 0 radical (unpaired) electrons. The Morgan fingerprint density at radius 3 is 2.55 bits per heavy atom. The Labute approximate surface area is 133 Å². The molecular weight excluding hydrogens is 274 g/mol. The Morgan fingerprint density at radius 2 is 1.82 bits per heavy atom. The van der Waals surface area contributed by atoms with Gasteiger partial charge in [-0.25, -0.2) is 0 Å². The highest BCUT2D eigenvalue weighted by molar-refractivity contribution is 5.27. The fourth-order valence-electron chi connectivity index (χ4n) is 2.32. The first-order valence-corrected chi connectivity index (χ1v) is 7.78. The van der Waals surface area contributed by atoms with Crippen LogP contribution in [0.1, 0.15) is 24.0 Å². The Kier molecular flexibility index (Phi) is 6.44. The van der Waals surface area contributed by atoms with E-state index in [2.05, 4.69) is 36.5 Å². The van der Waals surface area contributed by atoms with Crippen LogP contribution in [0.25, 0.3) is 0 Å². The molecule has 0 aromatic heterocycles. The van der Waals surface area contributed by atoms with Crippen molar-refractivity contribution in [3.63, 3.8) is 0 Å². The van der Waals surface area contributed by atoms with Crippen molar-refractivity contribution in [1.29, 1.82) is 0 Å². The quantitative estimate of drug-likeness (QED) is 0.787. The lowest BCUT2D eigenvalue weighted by molar-refractivity contribution is 0.106. The summed E-state index contributed by atoms with van der Waals surface area (Å²) in [7, 11) is 0. The van der Waals surface area contributed by atoms with E-state index in [9.17, 15) is 5.11 Å². The van der Waals surface area contributed by atoms with Gasteiger partial charge in [0.2, 0.25) is 0 Å². The first-order valence-electron chi connectivity index (χ1n) is 7.78. The van der Waals surface area contributed by atoms with Crippen LogP contribution in [0.15, 0.2) is 54.6 Å². The number of hydrogen-bond acceptors (Lipinski definition) is 3. The van der Waals surface area contributed by atoms with Crippen LogP contribution < -0.4 is 10.1 Å². The molecule has 3 nitrogen and oxygen atoms in total.